The summed E-state index contributed by atoms with van der Waals surface area (Å²) in [4.78, 5) is 20.4. The van der Waals surface area contributed by atoms with Gasteiger partial charge in [-0.05, 0) is 31.5 Å². The van der Waals surface area contributed by atoms with Crippen LogP contribution in [0.4, 0.5) is 17.5 Å². The van der Waals surface area contributed by atoms with E-state index in [-0.39, 0.29) is 0 Å². The molecule has 1 heterocycles. The number of nitrogens with one attached hydrogen (secondary N) is 2. The van der Waals surface area contributed by atoms with Gasteiger partial charge in [-0.25, -0.2) is 9.78 Å². The van der Waals surface area contributed by atoms with Crippen LogP contribution in [0.2, 0.25) is 5.02 Å². The van der Waals surface area contributed by atoms with Gasteiger partial charge in [0.1, 0.15) is 5.82 Å². The predicted octanol–water partition coefficient (Wildman–Crippen LogP) is 3.42. The predicted molar refractivity (Wildman–Crippen MR) is 97.8 cm³/mol. The minimum atomic E-state index is -0.439. The quantitative estimate of drug-likeness (QED) is 0.548. The van der Waals surface area contributed by atoms with E-state index in [2.05, 4.69) is 20.6 Å². The largest absolute Gasteiger partial charge is 0.465 e. The molecule has 0 atom stereocenters. The summed E-state index contributed by atoms with van der Waals surface area (Å²) in [6, 6.07) is 6.67. The second-order valence-corrected chi connectivity index (χ2v) is 5.71. The maximum absolute atomic E-state index is 11.7. The first-order valence-electron chi connectivity index (χ1n) is 7.77. The van der Waals surface area contributed by atoms with Crippen LogP contribution in [0.1, 0.15) is 22.5 Å². The van der Waals surface area contributed by atoms with Crippen molar-refractivity contribution in [3.05, 3.63) is 40.5 Å². The van der Waals surface area contributed by atoms with E-state index < -0.39 is 5.97 Å². The van der Waals surface area contributed by atoms with Gasteiger partial charge in [0, 0.05) is 32.0 Å². The van der Waals surface area contributed by atoms with E-state index in [0.29, 0.717) is 34.6 Å². The molecule has 8 heteroatoms. The molecule has 0 saturated heterocycles. The fourth-order valence-corrected chi connectivity index (χ4v) is 2.30. The van der Waals surface area contributed by atoms with E-state index in [0.717, 1.165) is 18.7 Å². The molecule has 1 aromatic heterocycles. The second kappa shape index (κ2) is 9.19. The van der Waals surface area contributed by atoms with Gasteiger partial charge in [0.05, 0.1) is 23.4 Å². The van der Waals surface area contributed by atoms with Gasteiger partial charge >= 0.3 is 5.97 Å². The summed E-state index contributed by atoms with van der Waals surface area (Å²) in [5, 5.41) is 6.72. The SMILES string of the molecule is COCCCNc1cc(C)nc(Nc2cc(C(=O)OC)ccc2Cl)n1. The normalized spacial score (nSPS) is 10.4. The highest BCUT2D eigenvalue weighted by atomic mass is 35.5. The summed E-state index contributed by atoms with van der Waals surface area (Å²) in [5.41, 5.74) is 1.72. The molecule has 0 aliphatic carbocycles. The Bertz CT molecular complexity index is 740. The van der Waals surface area contributed by atoms with Crippen LogP contribution in [-0.2, 0) is 9.47 Å². The van der Waals surface area contributed by atoms with Crippen molar-refractivity contribution in [3.8, 4) is 0 Å². The van der Waals surface area contributed by atoms with E-state index in [1.807, 2.05) is 13.0 Å². The number of carbonyl (C=O) groups excluding carboxylic acids is 1. The van der Waals surface area contributed by atoms with Crippen LogP contribution in [-0.4, -0.2) is 43.3 Å². The molecule has 0 spiro atoms. The number of esters is 1. The zero-order chi connectivity index (χ0) is 18.2. The van der Waals surface area contributed by atoms with Crippen molar-refractivity contribution < 1.29 is 14.3 Å². The molecule has 0 amide bonds. The van der Waals surface area contributed by atoms with Crippen LogP contribution in [0.5, 0.6) is 0 Å². The summed E-state index contributed by atoms with van der Waals surface area (Å²) in [6.07, 6.45) is 0.870. The number of halogens is 1. The fourth-order valence-electron chi connectivity index (χ4n) is 2.13. The van der Waals surface area contributed by atoms with Crippen molar-refractivity contribution >= 4 is 35.0 Å². The van der Waals surface area contributed by atoms with Crippen molar-refractivity contribution in [1.29, 1.82) is 0 Å². The van der Waals surface area contributed by atoms with Gasteiger partial charge in [-0.3, -0.25) is 0 Å². The van der Waals surface area contributed by atoms with Crippen LogP contribution in [0.25, 0.3) is 0 Å². The second-order valence-electron chi connectivity index (χ2n) is 5.30. The highest BCUT2D eigenvalue weighted by Crippen LogP contribution is 2.26. The molecule has 7 nitrogen and oxygen atoms in total. The average molecular weight is 365 g/mol. The monoisotopic (exact) mass is 364 g/mol. The third-order valence-corrected chi connectivity index (χ3v) is 3.65. The molecule has 0 aliphatic rings. The molecule has 2 N–H and O–H groups in total. The van der Waals surface area contributed by atoms with Gasteiger partial charge in [0.25, 0.3) is 0 Å². The van der Waals surface area contributed by atoms with Crippen LogP contribution in [0.3, 0.4) is 0 Å². The van der Waals surface area contributed by atoms with Crippen molar-refractivity contribution in [1.82, 2.24) is 9.97 Å². The topological polar surface area (TPSA) is 85.4 Å². The number of benzene rings is 1. The Kier molecular flexibility index (Phi) is 6.97. The Morgan fingerprint density at radius 2 is 2.04 bits per heavy atom. The number of anilines is 3. The fraction of sp³-hybridized carbons (Fsp3) is 0.353. The van der Waals surface area contributed by atoms with Gasteiger partial charge in [0.15, 0.2) is 0 Å². The number of nitrogens with zero attached hydrogens (tertiary/aromatic N) is 2. The zero-order valence-corrected chi connectivity index (χ0v) is 15.2. The molecule has 1 aromatic carbocycles. The summed E-state index contributed by atoms with van der Waals surface area (Å²) in [6.45, 7) is 3.29. The lowest BCUT2D eigenvalue weighted by Crippen LogP contribution is -2.09. The summed E-state index contributed by atoms with van der Waals surface area (Å²) < 4.78 is 9.74. The van der Waals surface area contributed by atoms with Gasteiger partial charge in [0.2, 0.25) is 5.95 Å². The highest BCUT2D eigenvalue weighted by molar-refractivity contribution is 6.33. The molecule has 0 fully saturated rings. The van der Waals surface area contributed by atoms with Crippen molar-refractivity contribution in [2.45, 2.75) is 13.3 Å². The van der Waals surface area contributed by atoms with E-state index in [9.17, 15) is 4.79 Å². The zero-order valence-electron chi connectivity index (χ0n) is 14.4. The molecule has 0 unspecified atom stereocenters. The molecular formula is C17H21ClN4O3. The third-order valence-electron chi connectivity index (χ3n) is 3.32. The first kappa shape index (κ1) is 19.0. The van der Waals surface area contributed by atoms with Crippen LogP contribution in [0, 0.1) is 6.92 Å². The minimum Gasteiger partial charge on any atom is -0.465 e. The number of hydrogen-bond acceptors (Lipinski definition) is 7. The van der Waals surface area contributed by atoms with Crippen LogP contribution >= 0.6 is 11.6 Å². The number of methoxy groups -OCH3 is 2. The molecule has 2 rings (SSSR count). The summed E-state index contributed by atoms with van der Waals surface area (Å²) >= 11 is 6.19. The number of aromatic nitrogens is 2. The average Bonchev–Trinajstić information content (AvgIpc) is 2.59. The molecule has 25 heavy (non-hydrogen) atoms. The van der Waals surface area contributed by atoms with Crippen molar-refractivity contribution in [3.63, 3.8) is 0 Å². The Morgan fingerprint density at radius 1 is 1.24 bits per heavy atom. The van der Waals surface area contributed by atoms with E-state index in [1.165, 1.54) is 7.11 Å². The first-order chi connectivity index (χ1) is 12.0. The molecule has 2 aromatic rings. The Hall–Kier alpha value is -2.38. The Labute approximate surface area is 151 Å². The maximum Gasteiger partial charge on any atom is 0.337 e. The van der Waals surface area contributed by atoms with Gasteiger partial charge < -0.3 is 20.1 Å². The Morgan fingerprint density at radius 3 is 2.76 bits per heavy atom. The van der Waals surface area contributed by atoms with Gasteiger partial charge in [-0.1, -0.05) is 11.6 Å². The van der Waals surface area contributed by atoms with E-state index in [4.69, 9.17) is 21.1 Å². The van der Waals surface area contributed by atoms with Gasteiger partial charge in [-0.15, -0.1) is 0 Å². The van der Waals surface area contributed by atoms with Crippen molar-refractivity contribution in [2.24, 2.45) is 0 Å². The standard InChI is InChI=1S/C17H21ClN4O3/c1-11-9-15(19-7-4-8-24-2)22-17(20-11)21-14-10-12(16(23)25-3)5-6-13(14)18/h5-6,9-10H,4,7-8H2,1-3H3,(H2,19,20,21,22). The lowest BCUT2D eigenvalue weighted by Gasteiger charge is -2.11. The molecule has 0 saturated carbocycles. The maximum atomic E-state index is 11.7. The van der Waals surface area contributed by atoms with E-state index >= 15 is 0 Å². The molecule has 0 bridgehead atoms. The number of carbonyl (C=O) groups is 1. The molecule has 134 valence electrons. The number of rotatable bonds is 8. The summed E-state index contributed by atoms with van der Waals surface area (Å²) in [5.74, 6) is 0.648. The highest BCUT2D eigenvalue weighted by Gasteiger charge is 2.11. The van der Waals surface area contributed by atoms with Gasteiger partial charge in [-0.2, -0.15) is 4.98 Å². The number of ether oxygens (including phenoxy) is 2. The molecule has 0 aliphatic heterocycles. The number of hydrogen-bond donors (Lipinski definition) is 2. The summed E-state index contributed by atoms with van der Waals surface area (Å²) in [7, 11) is 3.00. The Balaban J connectivity index is 2.16. The lowest BCUT2D eigenvalue weighted by atomic mass is 10.2. The minimum absolute atomic E-state index is 0.387. The smallest absolute Gasteiger partial charge is 0.337 e. The third kappa shape index (κ3) is 5.58. The van der Waals surface area contributed by atoms with Crippen LogP contribution in [0.15, 0.2) is 24.3 Å². The van der Waals surface area contributed by atoms with Crippen molar-refractivity contribution in [2.75, 3.05) is 38.0 Å². The van der Waals surface area contributed by atoms with E-state index in [1.54, 1.807) is 25.3 Å². The number of aryl methyl sites for hydroxylation is 1. The lowest BCUT2D eigenvalue weighted by molar-refractivity contribution is 0.0601. The van der Waals surface area contributed by atoms with Crippen LogP contribution < -0.4 is 10.6 Å². The molecule has 0 radical (unpaired) electrons. The molecular weight excluding hydrogens is 344 g/mol. The first-order valence-corrected chi connectivity index (χ1v) is 8.14.